The monoisotopic (exact) mass is 798 g/mol. The first-order chi connectivity index (χ1) is 18.2. The molecule has 0 bridgehead atoms. The molecule has 0 fully saturated rings. The second kappa shape index (κ2) is 12.7. The molecule has 1 amide bonds. The molecule has 3 aromatic carbocycles. The number of para-hydroxylation sites is 1. The van der Waals surface area contributed by atoms with E-state index in [2.05, 4.69) is 78.5 Å². The number of hydrogen-bond acceptors (Lipinski definition) is 5. The van der Waals surface area contributed by atoms with Crippen LogP contribution in [0.4, 0.5) is 5.69 Å². The molecule has 1 heterocycles. The van der Waals surface area contributed by atoms with Gasteiger partial charge in [-0.15, -0.1) is 0 Å². The lowest BCUT2D eigenvalue weighted by Crippen LogP contribution is -2.23. The van der Waals surface area contributed by atoms with Crippen LogP contribution < -0.4 is 15.6 Å². The summed E-state index contributed by atoms with van der Waals surface area (Å²) in [6.45, 7) is 5.92. The quantitative estimate of drug-likeness (QED) is 0.153. The van der Waals surface area contributed by atoms with Gasteiger partial charge in [0.05, 0.1) is 24.3 Å². The summed E-state index contributed by atoms with van der Waals surface area (Å²) in [5, 5.41) is 7.93. The highest BCUT2D eigenvalue weighted by molar-refractivity contribution is 14.1. The molecular formula is C28H25BrI2N4O3. The maximum absolute atomic E-state index is 13.4. The van der Waals surface area contributed by atoms with Gasteiger partial charge in [0, 0.05) is 16.1 Å². The minimum Gasteiger partial charge on any atom is -0.482 e. The summed E-state index contributed by atoms with van der Waals surface area (Å²) in [4.78, 5) is 30.6. The Bertz CT molecular complexity index is 1580. The van der Waals surface area contributed by atoms with Gasteiger partial charge in [-0.1, -0.05) is 48.0 Å². The zero-order valence-electron chi connectivity index (χ0n) is 21.0. The molecule has 0 aliphatic carbocycles. The number of anilines is 1. The minimum absolute atomic E-state index is 0.0507. The molecule has 1 N–H and O–H groups in total. The van der Waals surface area contributed by atoms with Crippen molar-refractivity contribution >= 4 is 89.8 Å². The van der Waals surface area contributed by atoms with E-state index in [0.717, 1.165) is 34.8 Å². The van der Waals surface area contributed by atoms with Gasteiger partial charge >= 0.3 is 0 Å². The normalized spacial score (nSPS) is 12.2. The van der Waals surface area contributed by atoms with E-state index in [-0.39, 0.29) is 24.0 Å². The first-order valence-corrected chi connectivity index (χ1v) is 14.9. The van der Waals surface area contributed by atoms with Crippen LogP contribution in [-0.2, 0) is 4.79 Å². The Kier molecular flexibility index (Phi) is 9.58. The minimum atomic E-state index is -0.232. The van der Waals surface area contributed by atoms with Crippen LogP contribution in [0.15, 0.2) is 69.0 Å². The fraction of sp³-hybridized carbons (Fsp3) is 0.214. The SMILES string of the molecule is CC[C@@H](C)c1nc2ccc(Br)cc2c(=O)n1N=Cc1cc(I)c(OCC(=O)Nc2ccccc2C)c(I)c1. The molecule has 0 saturated carbocycles. The highest BCUT2D eigenvalue weighted by Gasteiger charge is 2.16. The number of halogens is 3. The van der Waals surface area contributed by atoms with Crippen molar-refractivity contribution < 1.29 is 9.53 Å². The van der Waals surface area contributed by atoms with Gasteiger partial charge < -0.3 is 10.1 Å². The van der Waals surface area contributed by atoms with Crippen LogP contribution in [0.5, 0.6) is 5.75 Å². The van der Waals surface area contributed by atoms with Crippen LogP contribution in [0, 0.1) is 14.1 Å². The van der Waals surface area contributed by atoms with Gasteiger partial charge in [-0.2, -0.15) is 9.78 Å². The van der Waals surface area contributed by atoms with E-state index >= 15 is 0 Å². The number of fused-ring (bicyclic) bond motifs is 1. The molecule has 10 heteroatoms. The number of rotatable bonds is 8. The molecule has 1 aromatic heterocycles. The van der Waals surface area contributed by atoms with Crippen LogP contribution in [0.25, 0.3) is 10.9 Å². The van der Waals surface area contributed by atoms with E-state index < -0.39 is 0 Å². The van der Waals surface area contributed by atoms with Crippen LogP contribution in [0.2, 0.25) is 0 Å². The van der Waals surface area contributed by atoms with Crippen molar-refractivity contribution in [2.24, 2.45) is 5.10 Å². The number of carbonyl (C=O) groups is 1. The fourth-order valence-electron chi connectivity index (χ4n) is 3.73. The Morgan fingerprint density at radius 3 is 2.58 bits per heavy atom. The van der Waals surface area contributed by atoms with E-state index in [4.69, 9.17) is 9.72 Å². The van der Waals surface area contributed by atoms with Crippen LogP contribution in [0.1, 0.15) is 43.1 Å². The molecule has 0 radical (unpaired) electrons. The summed E-state index contributed by atoms with van der Waals surface area (Å²) in [5.74, 6) is 1.06. The topological polar surface area (TPSA) is 85.6 Å². The van der Waals surface area contributed by atoms with Crippen molar-refractivity contribution in [3.8, 4) is 5.75 Å². The van der Waals surface area contributed by atoms with E-state index in [9.17, 15) is 9.59 Å². The third kappa shape index (κ3) is 6.63. The van der Waals surface area contributed by atoms with Crippen molar-refractivity contribution in [3.63, 3.8) is 0 Å². The molecule has 0 aliphatic heterocycles. The zero-order chi connectivity index (χ0) is 27.4. The Morgan fingerprint density at radius 2 is 1.89 bits per heavy atom. The molecule has 1 atom stereocenters. The van der Waals surface area contributed by atoms with Crippen molar-refractivity contribution in [1.82, 2.24) is 9.66 Å². The second-order valence-corrected chi connectivity index (χ2v) is 12.0. The molecule has 0 unspecified atom stereocenters. The zero-order valence-corrected chi connectivity index (χ0v) is 26.9. The molecular weight excluding hydrogens is 774 g/mol. The van der Waals surface area contributed by atoms with Crippen molar-refractivity contribution in [3.05, 3.63) is 93.5 Å². The van der Waals surface area contributed by atoms with E-state index in [1.807, 2.05) is 62.4 Å². The summed E-state index contributed by atoms with van der Waals surface area (Å²) < 4.78 is 9.72. The van der Waals surface area contributed by atoms with Gasteiger partial charge in [0.1, 0.15) is 11.6 Å². The molecule has 196 valence electrons. The number of ether oxygens (including phenoxy) is 1. The standard InChI is InChI=1S/C28H25BrI2N4O3/c1-4-16(2)27-34-24-10-9-19(29)13-20(24)28(37)35(27)32-14-18-11-21(30)26(22(31)12-18)38-15-25(36)33-23-8-6-5-7-17(23)3/h5-14,16H,4,15H2,1-3H3,(H,33,36)/t16-/m1/s1. The second-order valence-electron chi connectivity index (χ2n) is 8.77. The molecule has 0 saturated heterocycles. The number of aromatic nitrogens is 2. The lowest BCUT2D eigenvalue weighted by Gasteiger charge is -2.14. The number of aryl methyl sites for hydroxylation is 1. The third-order valence-electron chi connectivity index (χ3n) is 6.00. The lowest BCUT2D eigenvalue weighted by molar-refractivity contribution is -0.118. The van der Waals surface area contributed by atoms with E-state index in [1.54, 1.807) is 12.3 Å². The maximum Gasteiger partial charge on any atom is 0.282 e. The maximum atomic E-state index is 13.4. The van der Waals surface area contributed by atoms with Crippen molar-refractivity contribution in [1.29, 1.82) is 0 Å². The number of amides is 1. The number of hydrogen-bond donors (Lipinski definition) is 1. The van der Waals surface area contributed by atoms with Crippen LogP contribution >= 0.6 is 61.1 Å². The van der Waals surface area contributed by atoms with Gasteiger partial charge in [-0.25, -0.2) is 4.98 Å². The summed E-state index contributed by atoms with van der Waals surface area (Å²) in [6.07, 6.45) is 2.47. The summed E-state index contributed by atoms with van der Waals surface area (Å²) in [5.41, 5.74) is 2.98. The molecule has 7 nitrogen and oxygen atoms in total. The summed E-state index contributed by atoms with van der Waals surface area (Å²) in [6, 6.07) is 16.9. The number of benzene rings is 3. The number of nitrogens with one attached hydrogen (secondary N) is 1. The smallest absolute Gasteiger partial charge is 0.282 e. The summed E-state index contributed by atoms with van der Waals surface area (Å²) >= 11 is 7.79. The largest absolute Gasteiger partial charge is 0.482 e. The van der Waals surface area contributed by atoms with Crippen molar-refractivity contribution in [2.75, 3.05) is 11.9 Å². The van der Waals surface area contributed by atoms with Gasteiger partial charge in [0.2, 0.25) is 0 Å². The molecule has 38 heavy (non-hydrogen) atoms. The third-order valence-corrected chi connectivity index (χ3v) is 8.09. The highest BCUT2D eigenvalue weighted by Crippen LogP contribution is 2.29. The molecule has 4 aromatic rings. The number of carbonyl (C=O) groups excluding carboxylic acids is 1. The van der Waals surface area contributed by atoms with E-state index in [0.29, 0.717) is 22.5 Å². The predicted octanol–water partition coefficient (Wildman–Crippen LogP) is 7.09. The highest BCUT2D eigenvalue weighted by atomic mass is 127. The molecule has 4 rings (SSSR count). The van der Waals surface area contributed by atoms with Gasteiger partial charge in [0.25, 0.3) is 11.5 Å². The summed E-state index contributed by atoms with van der Waals surface area (Å²) in [7, 11) is 0. The fourth-order valence-corrected chi connectivity index (χ4v) is 6.22. The average molecular weight is 799 g/mol. The Hall–Kier alpha value is -2.32. The number of nitrogens with zero attached hydrogens (tertiary/aromatic N) is 3. The molecule has 0 spiro atoms. The first kappa shape index (κ1) is 28.7. The Labute approximate surface area is 256 Å². The Balaban J connectivity index is 1.58. The van der Waals surface area contributed by atoms with Gasteiger partial charge in [0.15, 0.2) is 6.61 Å². The van der Waals surface area contributed by atoms with Crippen LogP contribution in [-0.4, -0.2) is 28.4 Å². The molecule has 0 aliphatic rings. The Morgan fingerprint density at radius 1 is 1.18 bits per heavy atom. The van der Waals surface area contributed by atoms with Crippen molar-refractivity contribution in [2.45, 2.75) is 33.1 Å². The van der Waals surface area contributed by atoms with Crippen LogP contribution in [0.3, 0.4) is 0 Å². The first-order valence-electron chi connectivity index (χ1n) is 11.9. The van der Waals surface area contributed by atoms with Gasteiger partial charge in [-0.3, -0.25) is 9.59 Å². The predicted molar refractivity (Wildman–Crippen MR) is 173 cm³/mol. The van der Waals surface area contributed by atoms with E-state index in [1.165, 1.54) is 4.68 Å². The lowest BCUT2D eigenvalue weighted by atomic mass is 10.1. The average Bonchev–Trinajstić information content (AvgIpc) is 2.88. The van der Waals surface area contributed by atoms with Gasteiger partial charge in [-0.05, 0) is 106 Å².